The van der Waals surface area contributed by atoms with Crippen LogP contribution in [0.4, 0.5) is 4.39 Å². The summed E-state index contributed by atoms with van der Waals surface area (Å²) in [5, 5.41) is 3.21. The fourth-order valence-electron chi connectivity index (χ4n) is 2.41. The van der Waals surface area contributed by atoms with E-state index in [-0.39, 0.29) is 5.82 Å². The van der Waals surface area contributed by atoms with Crippen molar-refractivity contribution < 1.29 is 4.39 Å². The van der Waals surface area contributed by atoms with Crippen LogP contribution in [0.3, 0.4) is 0 Å². The first-order valence-electron chi connectivity index (χ1n) is 5.79. The molecule has 0 saturated carbocycles. The van der Waals surface area contributed by atoms with Crippen LogP contribution in [0.1, 0.15) is 18.3 Å². The number of fused-ring (bicyclic) bond motifs is 1. The molecule has 6 heteroatoms. The van der Waals surface area contributed by atoms with Crippen molar-refractivity contribution in [3.05, 3.63) is 52.3 Å². The maximum absolute atomic E-state index is 14.1. The van der Waals surface area contributed by atoms with E-state index >= 15 is 0 Å². The number of aromatic nitrogens is 2. The smallest absolute Gasteiger partial charge is 0.167 e. The standard InChI is InChI=1S/C13H11BrFN3S/c1-13(9-6-8(14)2-3-10(9)15)7-18-5-4-16-11(18)12(19)17-13/h2-6H,7H2,1H3,(H,17,19)/t13-/m0/s1. The van der Waals surface area contributed by atoms with E-state index in [0.717, 1.165) is 10.3 Å². The lowest BCUT2D eigenvalue weighted by molar-refractivity contribution is 0.337. The molecule has 1 atom stereocenters. The van der Waals surface area contributed by atoms with E-state index in [0.29, 0.717) is 17.1 Å². The highest BCUT2D eigenvalue weighted by Gasteiger charge is 2.36. The molecule has 0 aliphatic carbocycles. The van der Waals surface area contributed by atoms with Gasteiger partial charge in [-0.25, -0.2) is 9.37 Å². The number of nitrogens with one attached hydrogen (secondary N) is 1. The second-order valence-electron chi connectivity index (χ2n) is 4.79. The topological polar surface area (TPSA) is 29.9 Å². The zero-order valence-electron chi connectivity index (χ0n) is 10.2. The Balaban J connectivity index is 2.10. The molecule has 0 spiro atoms. The molecule has 3 rings (SSSR count). The van der Waals surface area contributed by atoms with Gasteiger partial charge in [0.1, 0.15) is 10.8 Å². The summed E-state index contributed by atoms with van der Waals surface area (Å²) in [5.74, 6) is 0.479. The third-order valence-electron chi connectivity index (χ3n) is 3.32. The van der Waals surface area contributed by atoms with Crippen molar-refractivity contribution in [3.63, 3.8) is 0 Å². The van der Waals surface area contributed by atoms with E-state index in [9.17, 15) is 4.39 Å². The molecule has 2 heterocycles. The van der Waals surface area contributed by atoms with Crippen molar-refractivity contribution in [2.24, 2.45) is 0 Å². The van der Waals surface area contributed by atoms with Crippen LogP contribution in [0.2, 0.25) is 0 Å². The number of rotatable bonds is 1. The average molecular weight is 340 g/mol. The first-order chi connectivity index (χ1) is 8.99. The lowest BCUT2D eigenvalue weighted by Crippen LogP contribution is -2.51. The Labute approximate surface area is 124 Å². The van der Waals surface area contributed by atoms with Crippen molar-refractivity contribution in [2.75, 3.05) is 0 Å². The van der Waals surface area contributed by atoms with Gasteiger partial charge in [0.15, 0.2) is 5.82 Å². The maximum Gasteiger partial charge on any atom is 0.167 e. The Morgan fingerprint density at radius 1 is 1.53 bits per heavy atom. The third kappa shape index (κ3) is 2.08. The normalized spacial score (nSPS) is 21.9. The van der Waals surface area contributed by atoms with Gasteiger partial charge in [-0.05, 0) is 25.1 Å². The minimum absolute atomic E-state index is 0.246. The fraction of sp³-hybridized carbons (Fsp3) is 0.231. The van der Waals surface area contributed by atoms with E-state index < -0.39 is 5.54 Å². The molecule has 1 N–H and O–H groups in total. The molecular formula is C13H11BrFN3S. The predicted molar refractivity (Wildman–Crippen MR) is 78.5 cm³/mol. The molecule has 0 bridgehead atoms. The van der Waals surface area contributed by atoms with Gasteiger partial charge in [-0.2, -0.15) is 0 Å². The molecule has 2 aromatic rings. The van der Waals surface area contributed by atoms with Gasteiger partial charge < -0.3 is 9.88 Å². The van der Waals surface area contributed by atoms with Crippen LogP contribution in [0.5, 0.6) is 0 Å². The van der Waals surface area contributed by atoms with Gasteiger partial charge in [-0.3, -0.25) is 0 Å². The van der Waals surface area contributed by atoms with E-state index in [1.54, 1.807) is 18.3 Å². The van der Waals surface area contributed by atoms with E-state index in [2.05, 4.69) is 26.2 Å². The van der Waals surface area contributed by atoms with Gasteiger partial charge in [0.05, 0.1) is 12.1 Å². The van der Waals surface area contributed by atoms with Crippen LogP contribution in [0, 0.1) is 5.82 Å². The zero-order valence-corrected chi connectivity index (χ0v) is 12.6. The van der Waals surface area contributed by atoms with Gasteiger partial charge in [-0.15, -0.1) is 0 Å². The van der Waals surface area contributed by atoms with Gasteiger partial charge in [-0.1, -0.05) is 28.1 Å². The highest BCUT2D eigenvalue weighted by Crippen LogP contribution is 2.31. The van der Waals surface area contributed by atoms with Gasteiger partial charge in [0, 0.05) is 22.4 Å². The number of benzene rings is 1. The largest absolute Gasteiger partial charge is 0.362 e. The SMILES string of the molecule is C[C@@]1(c2cc(Br)ccc2F)Cn2ccnc2C(=S)N1. The quantitative estimate of drug-likeness (QED) is 0.810. The summed E-state index contributed by atoms with van der Waals surface area (Å²) in [4.78, 5) is 4.73. The summed E-state index contributed by atoms with van der Waals surface area (Å²) in [6, 6.07) is 4.93. The molecule has 1 aliphatic rings. The molecule has 3 nitrogen and oxygen atoms in total. The van der Waals surface area contributed by atoms with Crippen molar-refractivity contribution in [1.29, 1.82) is 0 Å². The number of hydrogen-bond acceptors (Lipinski definition) is 2. The van der Waals surface area contributed by atoms with Crippen LogP contribution in [0.25, 0.3) is 0 Å². The minimum Gasteiger partial charge on any atom is -0.362 e. The van der Waals surface area contributed by atoms with Crippen LogP contribution in [0.15, 0.2) is 35.1 Å². The monoisotopic (exact) mass is 339 g/mol. The molecule has 98 valence electrons. The number of thiocarbonyl (C=S) groups is 1. The average Bonchev–Trinajstić information content (AvgIpc) is 2.80. The van der Waals surface area contributed by atoms with E-state index in [4.69, 9.17) is 12.2 Å². The molecule has 0 unspecified atom stereocenters. The molecule has 1 aliphatic heterocycles. The summed E-state index contributed by atoms with van der Waals surface area (Å²) in [6.07, 6.45) is 3.56. The summed E-state index contributed by atoms with van der Waals surface area (Å²) in [7, 11) is 0. The first-order valence-corrected chi connectivity index (χ1v) is 6.99. The Morgan fingerprint density at radius 2 is 2.32 bits per heavy atom. The molecule has 19 heavy (non-hydrogen) atoms. The molecule has 0 fully saturated rings. The third-order valence-corrected chi connectivity index (χ3v) is 4.10. The first kappa shape index (κ1) is 12.7. The second-order valence-corrected chi connectivity index (χ2v) is 6.11. The van der Waals surface area contributed by atoms with Gasteiger partial charge in [0.25, 0.3) is 0 Å². The van der Waals surface area contributed by atoms with Crippen LogP contribution >= 0.6 is 28.1 Å². The Bertz CT molecular complexity index is 670. The van der Waals surface area contributed by atoms with Gasteiger partial charge >= 0.3 is 0 Å². The van der Waals surface area contributed by atoms with Crippen molar-refractivity contribution in [3.8, 4) is 0 Å². The lowest BCUT2D eigenvalue weighted by atomic mass is 9.90. The molecule has 1 aromatic carbocycles. The summed E-state index contributed by atoms with van der Waals surface area (Å²) >= 11 is 8.69. The van der Waals surface area contributed by atoms with E-state index in [1.807, 2.05) is 17.7 Å². The molecular weight excluding hydrogens is 329 g/mol. The Kier molecular flexibility index (Phi) is 2.94. The van der Waals surface area contributed by atoms with Crippen LogP contribution in [-0.4, -0.2) is 14.5 Å². The van der Waals surface area contributed by atoms with Crippen LogP contribution < -0.4 is 5.32 Å². The summed E-state index contributed by atoms with van der Waals surface area (Å²) in [5.41, 5.74) is 0.00197. The second kappa shape index (κ2) is 4.38. The number of hydrogen-bond donors (Lipinski definition) is 1. The highest BCUT2D eigenvalue weighted by molar-refractivity contribution is 9.10. The summed E-state index contributed by atoms with van der Waals surface area (Å²) < 4.78 is 16.9. The number of imidazole rings is 1. The highest BCUT2D eigenvalue weighted by atomic mass is 79.9. The van der Waals surface area contributed by atoms with E-state index in [1.165, 1.54) is 6.07 Å². The number of halogens is 2. The van der Waals surface area contributed by atoms with Gasteiger partial charge in [0.2, 0.25) is 0 Å². The minimum atomic E-state index is -0.585. The van der Waals surface area contributed by atoms with Crippen molar-refractivity contribution >= 4 is 33.1 Å². The molecule has 1 aromatic heterocycles. The fourth-order valence-corrected chi connectivity index (χ4v) is 3.16. The van der Waals surface area contributed by atoms with Crippen molar-refractivity contribution in [1.82, 2.24) is 14.9 Å². The molecule has 0 saturated heterocycles. The van der Waals surface area contributed by atoms with Crippen LogP contribution in [-0.2, 0) is 12.1 Å². The predicted octanol–water partition coefficient (Wildman–Crippen LogP) is 2.98. The zero-order chi connectivity index (χ0) is 13.6. The maximum atomic E-state index is 14.1. The van der Waals surface area contributed by atoms with Crippen molar-refractivity contribution in [2.45, 2.75) is 19.0 Å². The molecule has 0 amide bonds. The number of nitrogens with zero attached hydrogens (tertiary/aromatic N) is 2. The summed E-state index contributed by atoms with van der Waals surface area (Å²) in [6.45, 7) is 2.52. The Hall–Kier alpha value is -1.27. The molecule has 0 radical (unpaired) electrons. The lowest BCUT2D eigenvalue weighted by Gasteiger charge is -2.37. The Morgan fingerprint density at radius 3 is 3.11 bits per heavy atom.